The number of hydrogen-bond donors (Lipinski definition) is 1. The first-order valence-electron chi connectivity index (χ1n) is 6.45. The predicted octanol–water partition coefficient (Wildman–Crippen LogP) is 2.06. The van der Waals surface area contributed by atoms with E-state index in [2.05, 4.69) is 28.5 Å². The van der Waals surface area contributed by atoms with Crippen LogP contribution in [0.5, 0.6) is 5.75 Å². The van der Waals surface area contributed by atoms with Crippen LogP contribution in [-0.4, -0.2) is 21.9 Å². The number of methoxy groups -OCH3 is 1. The Morgan fingerprint density at radius 2 is 2.16 bits per heavy atom. The molecule has 0 saturated carbocycles. The predicted molar refractivity (Wildman–Crippen MR) is 73.9 cm³/mol. The van der Waals surface area contributed by atoms with Crippen LogP contribution < -0.4 is 10.1 Å². The van der Waals surface area contributed by atoms with Gasteiger partial charge in [-0.15, -0.1) is 10.2 Å². The highest BCUT2D eigenvalue weighted by molar-refractivity contribution is 5.35. The van der Waals surface area contributed by atoms with Crippen LogP contribution in [0.3, 0.4) is 0 Å². The van der Waals surface area contributed by atoms with E-state index in [-0.39, 0.29) is 6.04 Å². The van der Waals surface area contributed by atoms with E-state index in [0.717, 1.165) is 18.0 Å². The maximum atomic E-state index is 5.42. The lowest BCUT2D eigenvalue weighted by Gasteiger charge is -2.19. The Bertz CT molecular complexity index is 524. The molecule has 102 valence electrons. The third kappa shape index (κ3) is 3.12. The van der Waals surface area contributed by atoms with Crippen molar-refractivity contribution in [3.8, 4) is 5.75 Å². The molecule has 5 nitrogen and oxygen atoms in total. The molecular formula is C14H20N4O. The zero-order valence-electron chi connectivity index (χ0n) is 11.6. The fourth-order valence-corrected chi connectivity index (χ4v) is 2.11. The van der Waals surface area contributed by atoms with Gasteiger partial charge in [-0.2, -0.15) is 0 Å². The number of nitrogens with one attached hydrogen (secondary N) is 1. The van der Waals surface area contributed by atoms with Crippen molar-refractivity contribution in [3.63, 3.8) is 0 Å². The number of aromatic nitrogens is 3. The van der Waals surface area contributed by atoms with Gasteiger partial charge in [-0.3, -0.25) is 0 Å². The molecule has 0 aliphatic carbocycles. The van der Waals surface area contributed by atoms with E-state index in [1.165, 1.54) is 5.56 Å². The first kappa shape index (κ1) is 13.5. The Hall–Kier alpha value is -1.88. The molecule has 1 heterocycles. The average Bonchev–Trinajstić information content (AvgIpc) is 2.85. The number of rotatable bonds is 6. The van der Waals surface area contributed by atoms with Gasteiger partial charge < -0.3 is 14.6 Å². The molecule has 1 unspecified atom stereocenters. The van der Waals surface area contributed by atoms with E-state index >= 15 is 0 Å². The lowest BCUT2D eigenvalue weighted by Crippen LogP contribution is -2.22. The van der Waals surface area contributed by atoms with Gasteiger partial charge in [0.15, 0.2) is 0 Å². The molecule has 2 aromatic rings. The molecular weight excluding hydrogens is 240 g/mol. The molecule has 0 bridgehead atoms. The van der Waals surface area contributed by atoms with Crippen molar-refractivity contribution in [2.75, 3.05) is 7.11 Å². The Balaban J connectivity index is 2.10. The van der Waals surface area contributed by atoms with Gasteiger partial charge in [0.2, 0.25) is 0 Å². The summed E-state index contributed by atoms with van der Waals surface area (Å²) in [6, 6.07) is 8.34. The molecule has 1 aromatic carbocycles. The number of nitrogens with zero attached hydrogens (tertiary/aromatic N) is 3. The number of para-hydroxylation sites is 1. The molecule has 0 fully saturated rings. The minimum absolute atomic E-state index is 0.243. The summed E-state index contributed by atoms with van der Waals surface area (Å²) in [5.74, 6) is 1.84. The van der Waals surface area contributed by atoms with E-state index in [1.807, 2.05) is 29.8 Å². The van der Waals surface area contributed by atoms with Crippen LogP contribution in [0.25, 0.3) is 0 Å². The van der Waals surface area contributed by atoms with Crippen LogP contribution in [0.15, 0.2) is 30.6 Å². The molecule has 0 aliphatic heterocycles. The van der Waals surface area contributed by atoms with Crippen molar-refractivity contribution in [1.82, 2.24) is 20.1 Å². The summed E-state index contributed by atoms with van der Waals surface area (Å²) in [6.07, 6.45) is 2.69. The quantitative estimate of drug-likeness (QED) is 0.864. The van der Waals surface area contributed by atoms with E-state index < -0.39 is 0 Å². The lowest BCUT2D eigenvalue weighted by molar-refractivity contribution is 0.395. The summed E-state index contributed by atoms with van der Waals surface area (Å²) in [4.78, 5) is 0. The normalized spacial score (nSPS) is 12.4. The fraction of sp³-hybridized carbons (Fsp3) is 0.429. The van der Waals surface area contributed by atoms with E-state index in [0.29, 0.717) is 6.54 Å². The Labute approximate surface area is 113 Å². The molecule has 0 amide bonds. The van der Waals surface area contributed by atoms with Gasteiger partial charge in [0.25, 0.3) is 0 Å². The standard InChI is InChI=1S/C14H20N4O/c1-4-12(11-7-5-6-8-13(11)19-3)15-9-14-17-16-10-18(14)2/h5-8,10,12,15H,4,9H2,1-3H3. The SMILES string of the molecule is CCC(NCc1nncn1C)c1ccccc1OC. The maximum Gasteiger partial charge on any atom is 0.146 e. The largest absolute Gasteiger partial charge is 0.496 e. The molecule has 19 heavy (non-hydrogen) atoms. The molecule has 0 saturated heterocycles. The molecule has 1 atom stereocenters. The minimum atomic E-state index is 0.243. The van der Waals surface area contributed by atoms with Crippen molar-refractivity contribution in [2.24, 2.45) is 7.05 Å². The second-order valence-corrected chi connectivity index (χ2v) is 4.44. The summed E-state index contributed by atoms with van der Waals surface area (Å²) < 4.78 is 7.33. The van der Waals surface area contributed by atoms with Crippen molar-refractivity contribution >= 4 is 0 Å². The summed E-state index contributed by atoms with van der Waals surface area (Å²) in [5.41, 5.74) is 1.18. The van der Waals surface area contributed by atoms with Gasteiger partial charge in [0, 0.05) is 18.7 Å². The van der Waals surface area contributed by atoms with Crippen molar-refractivity contribution in [3.05, 3.63) is 42.0 Å². The van der Waals surface area contributed by atoms with Crippen molar-refractivity contribution in [2.45, 2.75) is 25.9 Å². The highest BCUT2D eigenvalue weighted by atomic mass is 16.5. The second-order valence-electron chi connectivity index (χ2n) is 4.44. The van der Waals surface area contributed by atoms with Crippen LogP contribution in [0, 0.1) is 0 Å². The molecule has 1 N–H and O–H groups in total. The fourth-order valence-electron chi connectivity index (χ4n) is 2.11. The van der Waals surface area contributed by atoms with Crippen molar-refractivity contribution < 1.29 is 4.74 Å². The minimum Gasteiger partial charge on any atom is -0.496 e. The van der Waals surface area contributed by atoms with Crippen LogP contribution in [0.4, 0.5) is 0 Å². The third-order valence-electron chi connectivity index (χ3n) is 3.23. The van der Waals surface area contributed by atoms with Gasteiger partial charge in [-0.1, -0.05) is 25.1 Å². The Kier molecular flexibility index (Phi) is 4.52. The third-order valence-corrected chi connectivity index (χ3v) is 3.23. The average molecular weight is 260 g/mol. The first-order valence-corrected chi connectivity index (χ1v) is 6.45. The summed E-state index contributed by atoms with van der Waals surface area (Å²) in [6.45, 7) is 2.84. The van der Waals surface area contributed by atoms with Gasteiger partial charge >= 0.3 is 0 Å². The van der Waals surface area contributed by atoms with E-state index in [9.17, 15) is 0 Å². The number of aryl methyl sites for hydroxylation is 1. The highest BCUT2D eigenvalue weighted by Crippen LogP contribution is 2.26. The molecule has 0 radical (unpaired) electrons. The first-order chi connectivity index (χ1) is 9.26. The van der Waals surface area contributed by atoms with Gasteiger partial charge in [-0.05, 0) is 12.5 Å². The van der Waals surface area contributed by atoms with Gasteiger partial charge in [-0.25, -0.2) is 0 Å². The molecule has 2 rings (SSSR count). The van der Waals surface area contributed by atoms with Crippen LogP contribution >= 0.6 is 0 Å². The van der Waals surface area contributed by atoms with Gasteiger partial charge in [0.05, 0.1) is 13.7 Å². The van der Waals surface area contributed by atoms with Crippen LogP contribution in [0.2, 0.25) is 0 Å². The number of ether oxygens (including phenoxy) is 1. The molecule has 1 aromatic heterocycles. The second kappa shape index (κ2) is 6.33. The summed E-state index contributed by atoms with van der Waals surface area (Å²) in [7, 11) is 3.65. The monoisotopic (exact) mass is 260 g/mol. The van der Waals surface area contributed by atoms with Gasteiger partial charge in [0.1, 0.15) is 17.9 Å². The molecule has 5 heteroatoms. The Morgan fingerprint density at radius 3 is 2.79 bits per heavy atom. The smallest absolute Gasteiger partial charge is 0.146 e. The summed E-state index contributed by atoms with van der Waals surface area (Å²) in [5, 5.41) is 11.5. The zero-order valence-corrected chi connectivity index (χ0v) is 11.6. The summed E-state index contributed by atoms with van der Waals surface area (Å²) >= 11 is 0. The number of benzene rings is 1. The number of hydrogen-bond acceptors (Lipinski definition) is 4. The highest BCUT2D eigenvalue weighted by Gasteiger charge is 2.14. The van der Waals surface area contributed by atoms with E-state index in [1.54, 1.807) is 13.4 Å². The lowest BCUT2D eigenvalue weighted by atomic mass is 10.0. The topological polar surface area (TPSA) is 52.0 Å². The Morgan fingerprint density at radius 1 is 1.37 bits per heavy atom. The maximum absolute atomic E-state index is 5.42. The molecule has 0 spiro atoms. The van der Waals surface area contributed by atoms with Crippen LogP contribution in [0.1, 0.15) is 30.8 Å². The zero-order chi connectivity index (χ0) is 13.7. The van der Waals surface area contributed by atoms with E-state index in [4.69, 9.17) is 4.74 Å². The van der Waals surface area contributed by atoms with Crippen molar-refractivity contribution in [1.29, 1.82) is 0 Å². The molecule has 0 aliphatic rings. The van der Waals surface area contributed by atoms with Crippen LogP contribution in [-0.2, 0) is 13.6 Å².